The van der Waals surface area contributed by atoms with E-state index in [-0.39, 0.29) is 0 Å². The average Bonchev–Trinajstić information content (AvgIpc) is 3.75. The van der Waals surface area contributed by atoms with Gasteiger partial charge in [-0.05, 0) is 138 Å². The van der Waals surface area contributed by atoms with Gasteiger partial charge in [-0.15, -0.1) is 0 Å². The Balaban J connectivity index is 1.00. The lowest BCUT2D eigenvalue weighted by atomic mass is 9.97. The first kappa shape index (κ1) is 30.7. The fourth-order valence-electron chi connectivity index (χ4n) is 7.66. The lowest BCUT2D eigenvalue weighted by molar-refractivity contribution is 0.153. The molecule has 0 amide bonds. The lowest BCUT2D eigenvalue weighted by Crippen LogP contribution is -2.20. The second-order valence-corrected chi connectivity index (χ2v) is 13.9. The molecule has 8 rings (SSSR count). The molecule has 0 saturated heterocycles. The molecule has 0 spiro atoms. The Morgan fingerprint density at radius 3 is 1.23 bits per heavy atom. The van der Waals surface area contributed by atoms with Crippen LogP contribution >= 0.6 is 0 Å². The van der Waals surface area contributed by atoms with Gasteiger partial charge in [0.15, 0.2) is 11.2 Å². The van der Waals surface area contributed by atoms with Crippen molar-refractivity contribution in [1.82, 2.24) is 9.97 Å². The van der Waals surface area contributed by atoms with E-state index in [1.807, 2.05) is 0 Å². The van der Waals surface area contributed by atoms with Gasteiger partial charge in [0.05, 0.1) is 12.2 Å². The van der Waals surface area contributed by atoms with Crippen molar-refractivity contribution in [3.8, 4) is 45.5 Å². The largest absolute Gasteiger partial charge is 0.490 e. The van der Waals surface area contributed by atoms with E-state index in [1.165, 1.54) is 38.5 Å². The highest BCUT2D eigenvalue weighted by Gasteiger charge is 2.22. The van der Waals surface area contributed by atoms with Gasteiger partial charge in [-0.2, -0.15) is 0 Å². The van der Waals surface area contributed by atoms with Crippen LogP contribution in [-0.4, -0.2) is 22.2 Å². The average molecular weight is 641 g/mol. The molecule has 2 saturated carbocycles. The molecule has 246 valence electrons. The predicted molar refractivity (Wildman–Crippen MR) is 192 cm³/mol. The lowest BCUT2D eigenvalue weighted by Gasteiger charge is -2.24. The van der Waals surface area contributed by atoms with Crippen LogP contribution in [0.4, 0.5) is 0 Å². The van der Waals surface area contributed by atoms with Gasteiger partial charge in [0.1, 0.15) is 22.5 Å². The minimum atomic E-state index is 0.292. The summed E-state index contributed by atoms with van der Waals surface area (Å²) in [6, 6.07) is 21.0. The number of aromatic nitrogens is 2. The molecule has 2 aliphatic carbocycles. The summed E-state index contributed by atoms with van der Waals surface area (Å²) in [5.74, 6) is 3.15. The first-order chi connectivity index (χ1) is 23.4. The van der Waals surface area contributed by atoms with E-state index in [0.29, 0.717) is 24.0 Å². The summed E-state index contributed by atoms with van der Waals surface area (Å²) < 4.78 is 25.7. The van der Waals surface area contributed by atoms with Gasteiger partial charge >= 0.3 is 0 Å². The molecular weight excluding hydrogens is 596 g/mol. The molecule has 6 aromatic rings. The van der Waals surface area contributed by atoms with Crippen LogP contribution in [0.1, 0.15) is 86.5 Å². The fourth-order valence-corrected chi connectivity index (χ4v) is 7.66. The normalized spacial score (nSPS) is 16.2. The summed E-state index contributed by atoms with van der Waals surface area (Å²) in [5.41, 5.74) is 11.8. The van der Waals surface area contributed by atoms with Crippen molar-refractivity contribution in [3.63, 3.8) is 0 Å². The number of nitrogens with zero attached hydrogens (tertiary/aromatic N) is 2. The summed E-state index contributed by atoms with van der Waals surface area (Å²) in [6.07, 6.45) is 12.7. The van der Waals surface area contributed by atoms with Gasteiger partial charge in [0.2, 0.25) is 11.8 Å². The first-order valence-corrected chi connectivity index (χ1v) is 17.8. The molecule has 4 aromatic carbocycles. The summed E-state index contributed by atoms with van der Waals surface area (Å²) in [6.45, 7) is 8.38. The van der Waals surface area contributed by atoms with E-state index < -0.39 is 0 Å². The van der Waals surface area contributed by atoms with Crippen molar-refractivity contribution < 1.29 is 18.3 Å². The van der Waals surface area contributed by atoms with Crippen LogP contribution in [0.25, 0.3) is 56.2 Å². The van der Waals surface area contributed by atoms with E-state index in [9.17, 15) is 0 Å². The van der Waals surface area contributed by atoms with E-state index in [4.69, 9.17) is 28.3 Å². The number of aryl methyl sites for hydroxylation is 4. The predicted octanol–water partition coefficient (Wildman–Crippen LogP) is 11.6. The van der Waals surface area contributed by atoms with Gasteiger partial charge in [-0.3, -0.25) is 0 Å². The van der Waals surface area contributed by atoms with Crippen molar-refractivity contribution in [2.24, 2.45) is 0 Å². The molecule has 0 unspecified atom stereocenters. The summed E-state index contributed by atoms with van der Waals surface area (Å²) in [7, 11) is 0. The van der Waals surface area contributed by atoms with Gasteiger partial charge in [-0.25, -0.2) is 9.97 Å². The van der Waals surface area contributed by atoms with Crippen molar-refractivity contribution >= 4 is 22.2 Å². The molecule has 6 nitrogen and oxygen atoms in total. The monoisotopic (exact) mass is 640 g/mol. The number of hydrogen-bond donors (Lipinski definition) is 0. The Labute approximate surface area is 282 Å². The van der Waals surface area contributed by atoms with Crippen LogP contribution in [0.3, 0.4) is 0 Å². The van der Waals surface area contributed by atoms with Crippen molar-refractivity contribution in [1.29, 1.82) is 0 Å². The summed E-state index contributed by atoms with van der Waals surface area (Å²) >= 11 is 0. The molecule has 2 heterocycles. The van der Waals surface area contributed by atoms with Crippen LogP contribution in [0.2, 0.25) is 0 Å². The number of fused-ring (bicyclic) bond motifs is 2. The number of rotatable bonds is 7. The third-order valence-electron chi connectivity index (χ3n) is 10.4. The van der Waals surface area contributed by atoms with Crippen molar-refractivity contribution in [2.45, 2.75) is 104 Å². The van der Waals surface area contributed by atoms with Crippen LogP contribution in [-0.2, 0) is 0 Å². The SMILES string of the molecule is Cc1cc2nc(-c3ccc(-c4ccc(-c5nc6cc(C)c(OC7CCCCC7)c(C)c6o5)cc4)cc3)oc2c(C)c1OC1CCCCC1. The maximum Gasteiger partial charge on any atom is 0.227 e. The minimum absolute atomic E-state index is 0.292. The first-order valence-electron chi connectivity index (χ1n) is 17.8. The highest BCUT2D eigenvalue weighted by Crippen LogP contribution is 2.38. The number of ether oxygens (including phenoxy) is 2. The number of benzene rings is 4. The molecule has 48 heavy (non-hydrogen) atoms. The van der Waals surface area contributed by atoms with Gasteiger partial charge in [0, 0.05) is 22.3 Å². The maximum absolute atomic E-state index is 6.49. The van der Waals surface area contributed by atoms with Gasteiger partial charge in [-0.1, -0.05) is 37.1 Å². The summed E-state index contributed by atoms with van der Waals surface area (Å²) in [5, 5.41) is 0. The van der Waals surface area contributed by atoms with E-state index >= 15 is 0 Å². The Morgan fingerprint density at radius 1 is 0.500 bits per heavy atom. The molecule has 2 fully saturated rings. The third kappa shape index (κ3) is 5.86. The van der Waals surface area contributed by atoms with Gasteiger partial charge < -0.3 is 18.3 Å². The molecule has 6 heteroatoms. The Bertz CT molecular complexity index is 1920. The van der Waals surface area contributed by atoms with Gasteiger partial charge in [0.25, 0.3) is 0 Å². The third-order valence-corrected chi connectivity index (χ3v) is 10.4. The van der Waals surface area contributed by atoms with Crippen molar-refractivity contribution in [2.75, 3.05) is 0 Å². The summed E-state index contributed by atoms with van der Waals surface area (Å²) in [4.78, 5) is 9.71. The maximum atomic E-state index is 6.49. The zero-order chi connectivity index (χ0) is 32.8. The zero-order valence-electron chi connectivity index (χ0n) is 28.5. The van der Waals surface area contributed by atoms with Crippen molar-refractivity contribution in [3.05, 3.63) is 82.9 Å². The standard InChI is InChI=1S/C42H44N2O4/c1-25-23-35-39(27(3)37(25)45-33-11-7-5-8-12-33)47-41(43-35)31-19-15-29(16-20-31)30-17-21-32(22-18-30)42-44-36-24-26(2)38(28(4)40(36)48-42)46-34-13-9-6-10-14-34/h15-24,33-34H,5-14H2,1-4H3. The van der Waals surface area contributed by atoms with Crippen LogP contribution in [0.5, 0.6) is 11.5 Å². The molecule has 0 N–H and O–H groups in total. The zero-order valence-corrected chi connectivity index (χ0v) is 28.5. The fraction of sp³-hybridized carbons (Fsp3) is 0.381. The van der Waals surface area contributed by atoms with Crippen LogP contribution in [0, 0.1) is 27.7 Å². The smallest absolute Gasteiger partial charge is 0.227 e. The Kier molecular flexibility index (Phi) is 8.19. The molecule has 0 bridgehead atoms. The molecular formula is C42H44N2O4. The molecule has 2 aliphatic rings. The number of oxazole rings is 2. The van der Waals surface area contributed by atoms with E-state index in [1.54, 1.807) is 0 Å². The van der Waals surface area contributed by atoms with E-state index in [2.05, 4.69) is 88.4 Å². The molecule has 0 atom stereocenters. The van der Waals surface area contributed by atoms with E-state index in [0.717, 1.165) is 104 Å². The molecule has 2 aromatic heterocycles. The molecule has 0 radical (unpaired) electrons. The second-order valence-electron chi connectivity index (χ2n) is 13.9. The van der Waals surface area contributed by atoms with Crippen LogP contribution in [0.15, 0.2) is 69.5 Å². The highest BCUT2D eigenvalue weighted by molar-refractivity contribution is 5.84. The Hall–Kier alpha value is -4.58. The molecule has 0 aliphatic heterocycles. The minimum Gasteiger partial charge on any atom is -0.490 e. The topological polar surface area (TPSA) is 70.5 Å². The quantitative estimate of drug-likeness (QED) is 0.173. The highest BCUT2D eigenvalue weighted by atomic mass is 16.5. The van der Waals surface area contributed by atoms with Crippen LogP contribution < -0.4 is 9.47 Å². The second kappa shape index (κ2) is 12.8. The Morgan fingerprint density at radius 2 is 0.854 bits per heavy atom. The number of hydrogen-bond acceptors (Lipinski definition) is 6.